The highest BCUT2D eigenvalue weighted by Crippen LogP contribution is 2.17. The van der Waals surface area contributed by atoms with Crippen LogP contribution in [0.3, 0.4) is 0 Å². The van der Waals surface area contributed by atoms with Crippen LogP contribution in [0.2, 0.25) is 0 Å². The molecule has 1 aliphatic rings. The summed E-state index contributed by atoms with van der Waals surface area (Å²) in [6, 6.07) is 13.8. The maximum absolute atomic E-state index is 13.6. The molecule has 0 aromatic heterocycles. The first-order valence-electron chi connectivity index (χ1n) is 8.84. The lowest BCUT2D eigenvalue weighted by molar-refractivity contribution is 0.615. The molecule has 0 saturated carbocycles. The van der Waals surface area contributed by atoms with Gasteiger partial charge in [-0.15, -0.1) is 0 Å². The third-order valence-corrected chi connectivity index (χ3v) is 4.50. The van der Waals surface area contributed by atoms with Crippen LogP contribution in [-0.2, 0) is 13.1 Å². The Morgan fingerprint density at radius 3 is 2.23 bits per heavy atom. The summed E-state index contributed by atoms with van der Waals surface area (Å²) in [6.45, 7) is 4.93. The van der Waals surface area contributed by atoms with E-state index in [-0.39, 0.29) is 5.82 Å². The third-order valence-electron chi connectivity index (χ3n) is 4.50. The van der Waals surface area contributed by atoms with E-state index in [2.05, 4.69) is 56.9 Å². The molecule has 5 heteroatoms. The SMILES string of the molecule is CN=C(NCc1ccc(N2CC=CC2)cc1)NCc1ccc(C)c(F)c1. The van der Waals surface area contributed by atoms with Crippen molar-refractivity contribution in [1.29, 1.82) is 0 Å². The van der Waals surface area contributed by atoms with E-state index in [1.807, 2.05) is 6.07 Å². The quantitative estimate of drug-likeness (QED) is 0.492. The number of anilines is 1. The first kappa shape index (κ1) is 18.0. The van der Waals surface area contributed by atoms with Gasteiger partial charge in [-0.25, -0.2) is 4.39 Å². The molecule has 0 amide bonds. The van der Waals surface area contributed by atoms with Crippen LogP contribution in [0.4, 0.5) is 10.1 Å². The van der Waals surface area contributed by atoms with Crippen molar-refractivity contribution in [2.24, 2.45) is 4.99 Å². The molecule has 4 nitrogen and oxygen atoms in total. The Balaban J connectivity index is 1.49. The van der Waals surface area contributed by atoms with Gasteiger partial charge >= 0.3 is 0 Å². The largest absolute Gasteiger partial charge is 0.364 e. The highest BCUT2D eigenvalue weighted by atomic mass is 19.1. The molecule has 1 aliphatic heterocycles. The van der Waals surface area contributed by atoms with Crippen LogP contribution in [0.25, 0.3) is 0 Å². The van der Waals surface area contributed by atoms with Gasteiger partial charge in [0.15, 0.2) is 5.96 Å². The second-order valence-corrected chi connectivity index (χ2v) is 6.41. The molecule has 0 bridgehead atoms. The van der Waals surface area contributed by atoms with Crippen LogP contribution in [0, 0.1) is 12.7 Å². The fourth-order valence-electron chi connectivity index (χ4n) is 2.85. The highest BCUT2D eigenvalue weighted by Gasteiger charge is 2.07. The lowest BCUT2D eigenvalue weighted by Crippen LogP contribution is -2.36. The van der Waals surface area contributed by atoms with E-state index in [4.69, 9.17) is 0 Å². The minimum atomic E-state index is -0.180. The molecule has 0 aliphatic carbocycles. The van der Waals surface area contributed by atoms with Crippen molar-refractivity contribution in [3.63, 3.8) is 0 Å². The lowest BCUT2D eigenvalue weighted by Gasteiger charge is -2.18. The maximum Gasteiger partial charge on any atom is 0.191 e. The minimum absolute atomic E-state index is 0.180. The molecule has 2 N–H and O–H groups in total. The first-order chi connectivity index (χ1) is 12.7. The summed E-state index contributed by atoms with van der Waals surface area (Å²) < 4.78 is 13.6. The molecule has 2 aromatic carbocycles. The van der Waals surface area contributed by atoms with E-state index in [0.717, 1.165) is 18.7 Å². The van der Waals surface area contributed by atoms with Crippen molar-refractivity contribution in [2.75, 3.05) is 25.0 Å². The van der Waals surface area contributed by atoms with Gasteiger partial charge in [0, 0.05) is 38.9 Å². The van der Waals surface area contributed by atoms with E-state index in [1.54, 1.807) is 26.1 Å². The Hall–Kier alpha value is -2.82. The van der Waals surface area contributed by atoms with Gasteiger partial charge in [-0.3, -0.25) is 4.99 Å². The van der Waals surface area contributed by atoms with Crippen LogP contribution < -0.4 is 15.5 Å². The Bertz CT molecular complexity index is 788. The summed E-state index contributed by atoms with van der Waals surface area (Å²) in [6.07, 6.45) is 4.37. The highest BCUT2D eigenvalue weighted by molar-refractivity contribution is 5.79. The van der Waals surface area contributed by atoms with Gasteiger partial charge in [-0.05, 0) is 41.8 Å². The second-order valence-electron chi connectivity index (χ2n) is 6.41. The zero-order valence-corrected chi connectivity index (χ0v) is 15.3. The van der Waals surface area contributed by atoms with Crippen LogP contribution >= 0.6 is 0 Å². The number of hydrogen-bond acceptors (Lipinski definition) is 2. The normalized spacial score (nSPS) is 14.0. The molecule has 0 fully saturated rings. The fourth-order valence-corrected chi connectivity index (χ4v) is 2.85. The van der Waals surface area contributed by atoms with Gasteiger partial charge in [0.1, 0.15) is 5.82 Å². The number of aliphatic imine (C=N–C) groups is 1. The van der Waals surface area contributed by atoms with Crippen molar-refractivity contribution in [1.82, 2.24) is 10.6 Å². The predicted molar refractivity (Wildman–Crippen MR) is 106 cm³/mol. The summed E-state index contributed by atoms with van der Waals surface area (Å²) in [5.41, 5.74) is 3.97. The number of aryl methyl sites for hydroxylation is 1. The standard InChI is InChI=1S/C21H25FN4/c1-16-5-6-18(13-20(16)22)15-25-21(23-2)24-14-17-7-9-19(10-8-17)26-11-3-4-12-26/h3-10,13H,11-12,14-15H2,1-2H3,(H2,23,24,25). The number of guanidine groups is 1. The number of halogens is 1. The molecule has 2 aromatic rings. The molecule has 0 saturated heterocycles. The Morgan fingerprint density at radius 1 is 1.00 bits per heavy atom. The molecular weight excluding hydrogens is 327 g/mol. The third kappa shape index (κ3) is 4.63. The van der Waals surface area contributed by atoms with Crippen molar-refractivity contribution in [2.45, 2.75) is 20.0 Å². The van der Waals surface area contributed by atoms with Gasteiger partial charge in [-0.2, -0.15) is 0 Å². The van der Waals surface area contributed by atoms with E-state index in [0.29, 0.717) is 24.6 Å². The molecule has 26 heavy (non-hydrogen) atoms. The Morgan fingerprint density at radius 2 is 1.62 bits per heavy atom. The van der Waals surface area contributed by atoms with E-state index >= 15 is 0 Å². The zero-order valence-electron chi connectivity index (χ0n) is 15.3. The van der Waals surface area contributed by atoms with Crippen LogP contribution in [-0.4, -0.2) is 26.1 Å². The van der Waals surface area contributed by atoms with E-state index in [1.165, 1.54) is 11.3 Å². The number of nitrogens with one attached hydrogen (secondary N) is 2. The number of nitrogens with zero attached hydrogens (tertiary/aromatic N) is 2. The van der Waals surface area contributed by atoms with E-state index in [9.17, 15) is 4.39 Å². The van der Waals surface area contributed by atoms with Crippen molar-refractivity contribution < 1.29 is 4.39 Å². The van der Waals surface area contributed by atoms with Gasteiger partial charge < -0.3 is 15.5 Å². The molecular formula is C21H25FN4. The van der Waals surface area contributed by atoms with Crippen LogP contribution in [0.15, 0.2) is 59.6 Å². The summed E-state index contributed by atoms with van der Waals surface area (Å²) in [4.78, 5) is 6.54. The van der Waals surface area contributed by atoms with Crippen LogP contribution in [0.1, 0.15) is 16.7 Å². The average Bonchev–Trinajstić information content (AvgIpc) is 3.20. The fraction of sp³-hybridized carbons (Fsp3) is 0.286. The first-order valence-corrected chi connectivity index (χ1v) is 8.84. The zero-order chi connectivity index (χ0) is 18.4. The van der Waals surface area contributed by atoms with E-state index < -0.39 is 0 Å². The minimum Gasteiger partial charge on any atom is -0.364 e. The molecule has 0 atom stereocenters. The van der Waals surface area contributed by atoms with Crippen LogP contribution in [0.5, 0.6) is 0 Å². The van der Waals surface area contributed by atoms with Crippen molar-refractivity contribution in [3.8, 4) is 0 Å². The summed E-state index contributed by atoms with van der Waals surface area (Å²) >= 11 is 0. The summed E-state index contributed by atoms with van der Waals surface area (Å²) in [5, 5.41) is 6.50. The molecule has 0 unspecified atom stereocenters. The van der Waals surface area contributed by atoms with Gasteiger partial charge in [0.2, 0.25) is 0 Å². The average molecular weight is 352 g/mol. The number of hydrogen-bond donors (Lipinski definition) is 2. The molecule has 1 heterocycles. The number of rotatable bonds is 5. The topological polar surface area (TPSA) is 39.7 Å². The predicted octanol–water partition coefficient (Wildman–Crippen LogP) is 3.38. The van der Waals surface area contributed by atoms with Crippen molar-refractivity contribution in [3.05, 3.63) is 77.1 Å². The summed E-state index contributed by atoms with van der Waals surface area (Å²) in [5.74, 6) is 0.513. The monoisotopic (exact) mass is 352 g/mol. The van der Waals surface area contributed by atoms with Gasteiger partial charge in [0.05, 0.1) is 0 Å². The molecule has 0 spiro atoms. The number of benzene rings is 2. The van der Waals surface area contributed by atoms with Gasteiger partial charge in [0.25, 0.3) is 0 Å². The van der Waals surface area contributed by atoms with Gasteiger partial charge in [-0.1, -0.05) is 36.4 Å². The Kier molecular flexibility index (Phi) is 5.89. The smallest absolute Gasteiger partial charge is 0.191 e. The molecule has 0 radical (unpaired) electrons. The molecule has 3 rings (SSSR count). The maximum atomic E-state index is 13.6. The Labute approximate surface area is 154 Å². The van der Waals surface area contributed by atoms with Crippen molar-refractivity contribution >= 4 is 11.6 Å². The summed E-state index contributed by atoms with van der Waals surface area (Å²) in [7, 11) is 1.73. The second kappa shape index (κ2) is 8.52. The lowest BCUT2D eigenvalue weighted by atomic mass is 10.1. The molecule has 136 valence electrons.